The molecule has 1 heterocycles. The summed E-state index contributed by atoms with van der Waals surface area (Å²) in [5.41, 5.74) is 5.99. The largest absolute Gasteiger partial charge is 0.479 e. The fourth-order valence-corrected chi connectivity index (χ4v) is 2.23. The number of aromatic nitrogens is 2. The molecule has 0 aromatic carbocycles. The minimum absolute atomic E-state index is 0.262. The van der Waals surface area contributed by atoms with Gasteiger partial charge in [0.15, 0.2) is 6.04 Å². The summed E-state index contributed by atoms with van der Waals surface area (Å²) in [6.45, 7) is 2.67. The van der Waals surface area contributed by atoms with Gasteiger partial charge in [-0.3, -0.25) is 9.48 Å². The topological polar surface area (TPSA) is 110 Å². The predicted molar refractivity (Wildman–Crippen MR) is 78.4 cm³/mol. The zero-order chi connectivity index (χ0) is 15.8. The Balaban J connectivity index is 2.55. The molecule has 7 heteroatoms. The van der Waals surface area contributed by atoms with Crippen molar-refractivity contribution in [3.63, 3.8) is 0 Å². The summed E-state index contributed by atoms with van der Waals surface area (Å²) in [5, 5.41) is 15.7. The molecule has 4 N–H and O–H groups in total. The molecule has 0 aliphatic carbocycles. The number of amides is 1. The first-order valence-corrected chi connectivity index (χ1v) is 7.18. The highest BCUT2D eigenvalue weighted by Crippen LogP contribution is 2.16. The molecule has 0 saturated heterocycles. The van der Waals surface area contributed by atoms with Crippen molar-refractivity contribution in [1.29, 1.82) is 0 Å². The summed E-state index contributed by atoms with van der Waals surface area (Å²) in [5.74, 6) is -0.950. The van der Waals surface area contributed by atoms with Crippen molar-refractivity contribution in [2.45, 2.75) is 38.6 Å². The number of aliphatic carboxylic acids is 1. The first-order chi connectivity index (χ1) is 9.97. The van der Waals surface area contributed by atoms with Gasteiger partial charge in [0.05, 0.1) is 6.20 Å². The Morgan fingerprint density at radius 2 is 2.19 bits per heavy atom. The maximum atomic E-state index is 11.9. The van der Waals surface area contributed by atoms with Crippen LogP contribution < -0.4 is 11.1 Å². The lowest BCUT2D eigenvalue weighted by Crippen LogP contribution is -2.33. The van der Waals surface area contributed by atoms with Crippen molar-refractivity contribution < 1.29 is 14.7 Å². The molecule has 1 rings (SSSR count). The number of nitrogens with two attached hydrogens (primary N) is 1. The minimum atomic E-state index is -1.09. The molecule has 0 aliphatic rings. The Bertz CT molecular complexity index is 473. The van der Waals surface area contributed by atoms with E-state index in [2.05, 4.69) is 17.3 Å². The van der Waals surface area contributed by atoms with Crippen LogP contribution in [0.25, 0.3) is 0 Å². The van der Waals surface area contributed by atoms with Gasteiger partial charge < -0.3 is 16.2 Å². The maximum Gasteiger partial charge on any atom is 0.331 e. The van der Waals surface area contributed by atoms with E-state index in [0.717, 1.165) is 19.3 Å². The van der Waals surface area contributed by atoms with Gasteiger partial charge in [-0.2, -0.15) is 5.10 Å². The molecule has 7 nitrogen and oxygen atoms in total. The zero-order valence-corrected chi connectivity index (χ0v) is 12.6. The van der Waals surface area contributed by atoms with Crippen LogP contribution in [0.4, 0.5) is 0 Å². The van der Waals surface area contributed by atoms with Crippen molar-refractivity contribution in [1.82, 2.24) is 15.1 Å². The molecule has 1 aromatic rings. The molecule has 2 atom stereocenters. The Labute approximate surface area is 124 Å². The zero-order valence-electron chi connectivity index (χ0n) is 12.6. The first-order valence-electron chi connectivity index (χ1n) is 7.18. The highest BCUT2D eigenvalue weighted by atomic mass is 16.4. The molecule has 0 spiro atoms. The monoisotopic (exact) mass is 296 g/mol. The molecule has 118 valence electrons. The van der Waals surface area contributed by atoms with Gasteiger partial charge in [-0.1, -0.05) is 13.3 Å². The number of carboxylic acids is 1. The van der Waals surface area contributed by atoms with Crippen LogP contribution in [0.5, 0.6) is 0 Å². The van der Waals surface area contributed by atoms with Crippen molar-refractivity contribution in [3.8, 4) is 0 Å². The molecular formula is C14H24N4O3. The smallest absolute Gasteiger partial charge is 0.331 e. The molecule has 0 saturated carbocycles. The number of carboxylic acid groups (broad SMARTS) is 1. The third-order valence-corrected chi connectivity index (χ3v) is 3.54. The van der Waals surface area contributed by atoms with Crippen LogP contribution in [0, 0.1) is 5.92 Å². The van der Waals surface area contributed by atoms with Crippen LogP contribution in [0.2, 0.25) is 0 Å². The second-order valence-electron chi connectivity index (χ2n) is 5.18. The number of hydrogen-bond donors (Lipinski definition) is 3. The Morgan fingerprint density at radius 1 is 1.48 bits per heavy atom. The lowest BCUT2D eigenvalue weighted by molar-refractivity contribution is -0.142. The Hall–Kier alpha value is -1.89. The molecule has 21 heavy (non-hydrogen) atoms. The van der Waals surface area contributed by atoms with E-state index in [4.69, 9.17) is 5.73 Å². The third kappa shape index (κ3) is 5.55. The van der Waals surface area contributed by atoms with Gasteiger partial charge in [-0.05, 0) is 25.3 Å². The van der Waals surface area contributed by atoms with Crippen molar-refractivity contribution in [2.24, 2.45) is 18.7 Å². The van der Waals surface area contributed by atoms with E-state index < -0.39 is 12.0 Å². The number of carbonyl (C=O) groups is 2. The van der Waals surface area contributed by atoms with Crippen LogP contribution in [0.15, 0.2) is 12.4 Å². The second kappa shape index (κ2) is 8.41. The average molecular weight is 296 g/mol. The van der Waals surface area contributed by atoms with Crippen molar-refractivity contribution >= 4 is 11.9 Å². The summed E-state index contributed by atoms with van der Waals surface area (Å²) >= 11 is 0. The molecule has 1 amide bonds. The second-order valence-corrected chi connectivity index (χ2v) is 5.18. The van der Waals surface area contributed by atoms with Gasteiger partial charge in [0.25, 0.3) is 0 Å². The SMILES string of the molecule is CCC(CCN)CCC(=O)NC(C(=O)O)c1cnn(C)c1. The molecule has 2 unspecified atom stereocenters. The van der Waals surface area contributed by atoms with Gasteiger partial charge in [0.2, 0.25) is 5.91 Å². The van der Waals surface area contributed by atoms with Gasteiger partial charge in [-0.15, -0.1) is 0 Å². The summed E-state index contributed by atoms with van der Waals surface area (Å²) < 4.78 is 1.51. The van der Waals surface area contributed by atoms with E-state index in [1.165, 1.54) is 10.9 Å². The lowest BCUT2D eigenvalue weighted by atomic mass is 9.96. The van der Waals surface area contributed by atoms with Crippen LogP contribution in [0.3, 0.4) is 0 Å². The number of rotatable bonds is 9. The van der Waals surface area contributed by atoms with Gasteiger partial charge in [-0.25, -0.2) is 4.79 Å². The number of aryl methyl sites for hydroxylation is 1. The van der Waals surface area contributed by atoms with Crippen LogP contribution >= 0.6 is 0 Å². The summed E-state index contributed by atoms with van der Waals surface area (Å²) in [6, 6.07) is -1.05. The fourth-order valence-electron chi connectivity index (χ4n) is 2.23. The van der Waals surface area contributed by atoms with Crippen LogP contribution in [-0.4, -0.2) is 33.3 Å². The number of carbonyl (C=O) groups excluding carboxylic acids is 1. The molecule has 0 aliphatic heterocycles. The molecule has 0 fully saturated rings. The molecule has 0 radical (unpaired) electrons. The molecule has 1 aromatic heterocycles. The van der Waals surface area contributed by atoms with Crippen molar-refractivity contribution in [3.05, 3.63) is 18.0 Å². The van der Waals surface area contributed by atoms with Crippen molar-refractivity contribution in [2.75, 3.05) is 6.54 Å². The average Bonchev–Trinajstić information content (AvgIpc) is 2.86. The minimum Gasteiger partial charge on any atom is -0.479 e. The van der Waals surface area contributed by atoms with Gasteiger partial charge in [0.1, 0.15) is 0 Å². The van der Waals surface area contributed by atoms with E-state index in [9.17, 15) is 14.7 Å². The van der Waals surface area contributed by atoms with E-state index in [-0.39, 0.29) is 5.91 Å². The van der Waals surface area contributed by atoms with E-state index in [0.29, 0.717) is 24.4 Å². The highest BCUT2D eigenvalue weighted by Gasteiger charge is 2.23. The molecule has 0 bridgehead atoms. The lowest BCUT2D eigenvalue weighted by Gasteiger charge is -2.16. The van der Waals surface area contributed by atoms with Crippen LogP contribution in [-0.2, 0) is 16.6 Å². The summed E-state index contributed by atoms with van der Waals surface area (Å²) in [4.78, 5) is 23.2. The highest BCUT2D eigenvalue weighted by molar-refractivity contribution is 5.84. The van der Waals surface area contributed by atoms with Gasteiger partial charge >= 0.3 is 5.97 Å². The fraction of sp³-hybridized carbons (Fsp3) is 0.643. The van der Waals surface area contributed by atoms with Gasteiger partial charge in [0, 0.05) is 25.2 Å². The van der Waals surface area contributed by atoms with E-state index in [1.807, 2.05) is 0 Å². The third-order valence-electron chi connectivity index (χ3n) is 3.54. The Morgan fingerprint density at radius 3 is 2.67 bits per heavy atom. The maximum absolute atomic E-state index is 11.9. The predicted octanol–water partition coefficient (Wildman–Crippen LogP) is 0.817. The summed E-state index contributed by atoms with van der Waals surface area (Å²) in [6.07, 6.45) is 5.91. The number of nitrogens with one attached hydrogen (secondary N) is 1. The van der Waals surface area contributed by atoms with E-state index >= 15 is 0 Å². The number of hydrogen-bond acceptors (Lipinski definition) is 4. The number of nitrogens with zero attached hydrogens (tertiary/aromatic N) is 2. The summed E-state index contributed by atoms with van der Waals surface area (Å²) in [7, 11) is 1.70. The standard InChI is InChI=1S/C14H24N4O3/c1-3-10(6-7-15)4-5-12(19)17-13(14(20)21)11-8-16-18(2)9-11/h8-10,13H,3-7,15H2,1-2H3,(H,17,19)(H,20,21). The molecular weight excluding hydrogens is 272 g/mol. The van der Waals surface area contributed by atoms with Crippen LogP contribution in [0.1, 0.15) is 44.2 Å². The van der Waals surface area contributed by atoms with E-state index in [1.54, 1.807) is 13.2 Å². The normalized spacial score (nSPS) is 13.7. The first kappa shape index (κ1) is 17.2. The Kier molecular flexibility index (Phi) is 6.87. The quantitative estimate of drug-likeness (QED) is 0.625.